The lowest BCUT2D eigenvalue weighted by atomic mass is 9.73. The van der Waals surface area contributed by atoms with Gasteiger partial charge in [-0.25, -0.2) is 4.79 Å². The quantitative estimate of drug-likeness (QED) is 0.543. The lowest BCUT2D eigenvalue weighted by Crippen LogP contribution is -2.54. The Balaban J connectivity index is 1.53. The molecule has 1 saturated heterocycles. The summed E-state index contributed by atoms with van der Waals surface area (Å²) < 4.78 is 5.08. The third kappa shape index (κ3) is 4.47. The highest BCUT2D eigenvalue weighted by atomic mass is 16.5. The van der Waals surface area contributed by atoms with Gasteiger partial charge in [-0.2, -0.15) is 0 Å². The monoisotopic (exact) mass is 415 g/mol. The molecule has 30 heavy (non-hydrogen) atoms. The largest absolute Gasteiger partial charge is 0.454 e. The van der Waals surface area contributed by atoms with Crippen LogP contribution in [0, 0.1) is 5.92 Å². The number of urea groups is 1. The van der Waals surface area contributed by atoms with Crippen molar-refractivity contribution in [2.24, 2.45) is 5.92 Å². The Kier molecular flexibility index (Phi) is 6.74. The number of esters is 1. The highest BCUT2D eigenvalue weighted by molar-refractivity contribution is 6.09. The van der Waals surface area contributed by atoms with Gasteiger partial charge < -0.3 is 15.0 Å². The number of likely N-dealkylation sites (N-methyl/N-ethyl adjacent to an activating group) is 1. The van der Waals surface area contributed by atoms with E-state index in [9.17, 15) is 19.2 Å². The van der Waals surface area contributed by atoms with Gasteiger partial charge in [0.25, 0.3) is 11.8 Å². The molecule has 1 saturated carbocycles. The van der Waals surface area contributed by atoms with E-state index < -0.39 is 30.7 Å². The molecule has 1 aliphatic carbocycles. The third-order valence-electron chi connectivity index (χ3n) is 6.10. The number of ether oxygens (including phenoxy) is 1. The molecule has 8 heteroatoms. The second kappa shape index (κ2) is 9.28. The first-order chi connectivity index (χ1) is 14.4. The number of amides is 4. The van der Waals surface area contributed by atoms with E-state index >= 15 is 0 Å². The first kappa shape index (κ1) is 21.8. The summed E-state index contributed by atoms with van der Waals surface area (Å²) in [5, 5.41) is 2.80. The van der Waals surface area contributed by atoms with Gasteiger partial charge in [0, 0.05) is 13.1 Å². The molecule has 1 aromatic carbocycles. The van der Waals surface area contributed by atoms with E-state index in [0.29, 0.717) is 19.5 Å². The molecule has 0 unspecified atom stereocenters. The van der Waals surface area contributed by atoms with E-state index in [0.717, 1.165) is 29.7 Å². The van der Waals surface area contributed by atoms with Crippen LogP contribution in [0.2, 0.25) is 0 Å². The van der Waals surface area contributed by atoms with Gasteiger partial charge in [-0.3, -0.25) is 19.3 Å². The van der Waals surface area contributed by atoms with Gasteiger partial charge in [0.2, 0.25) is 0 Å². The van der Waals surface area contributed by atoms with Crippen molar-refractivity contribution in [3.63, 3.8) is 0 Å². The summed E-state index contributed by atoms with van der Waals surface area (Å²) in [4.78, 5) is 52.4. The second-order valence-electron chi connectivity index (χ2n) is 7.99. The minimum absolute atomic E-state index is 0.0152. The molecule has 1 heterocycles. The van der Waals surface area contributed by atoms with Gasteiger partial charge in [0.1, 0.15) is 12.1 Å². The van der Waals surface area contributed by atoms with Crippen molar-refractivity contribution < 1.29 is 23.9 Å². The smallest absolute Gasteiger partial charge is 0.326 e. The number of imide groups is 1. The van der Waals surface area contributed by atoms with Crippen LogP contribution in [0.1, 0.15) is 45.1 Å². The summed E-state index contributed by atoms with van der Waals surface area (Å²) in [6.45, 7) is 3.77. The molecule has 3 rings (SSSR count). The maximum Gasteiger partial charge on any atom is 0.326 e. The molecule has 2 fully saturated rings. The Hall–Kier alpha value is -2.90. The molecule has 2 aliphatic rings. The molecule has 1 N–H and O–H groups in total. The Morgan fingerprint density at radius 3 is 2.63 bits per heavy atom. The van der Waals surface area contributed by atoms with Crippen molar-refractivity contribution >= 4 is 23.8 Å². The van der Waals surface area contributed by atoms with Gasteiger partial charge in [-0.1, -0.05) is 50.1 Å². The Bertz CT molecular complexity index is 812. The van der Waals surface area contributed by atoms with Crippen LogP contribution in [-0.4, -0.2) is 58.8 Å². The predicted octanol–water partition coefficient (Wildman–Crippen LogP) is 2.08. The molecule has 0 radical (unpaired) electrons. The van der Waals surface area contributed by atoms with Crippen molar-refractivity contribution in [1.29, 1.82) is 0 Å². The maximum atomic E-state index is 12.9. The van der Waals surface area contributed by atoms with Crippen molar-refractivity contribution in [3.8, 4) is 0 Å². The van der Waals surface area contributed by atoms with E-state index in [1.807, 2.05) is 44.2 Å². The average Bonchev–Trinajstić information content (AvgIpc) is 2.98. The van der Waals surface area contributed by atoms with Crippen LogP contribution in [0.25, 0.3) is 0 Å². The first-order valence-electron chi connectivity index (χ1n) is 10.5. The van der Waals surface area contributed by atoms with Crippen LogP contribution in [0.15, 0.2) is 30.3 Å². The summed E-state index contributed by atoms with van der Waals surface area (Å²) in [5.74, 6) is -1.46. The molecule has 0 aromatic heterocycles. The van der Waals surface area contributed by atoms with Crippen LogP contribution in [0.4, 0.5) is 4.79 Å². The Morgan fingerprint density at radius 1 is 1.23 bits per heavy atom. The third-order valence-corrected chi connectivity index (χ3v) is 6.10. The standard InChI is InChI=1S/C22H29N3O5/c1-3-24(13-17-10-5-4-6-11-17)18(26)15-30-19(27)14-25-20(28)22(23-21(25)29)12-8-7-9-16(22)2/h4-6,10-11,16H,3,7-9,12-15H2,1-2H3,(H,23,29)/t16-,22-/m1/s1. The normalized spacial score (nSPS) is 23.4. The van der Waals surface area contributed by atoms with Crippen LogP contribution >= 0.6 is 0 Å². The van der Waals surface area contributed by atoms with Crippen LogP contribution < -0.4 is 5.32 Å². The molecule has 1 aromatic rings. The number of hydrogen-bond acceptors (Lipinski definition) is 5. The van der Waals surface area contributed by atoms with Gasteiger partial charge in [-0.05, 0) is 31.2 Å². The molecule has 8 nitrogen and oxygen atoms in total. The zero-order valence-corrected chi connectivity index (χ0v) is 17.6. The summed E-state index contributed by atoms with van der Waals surface area (Å²) in [6, 6.07) is 8.95. The summed E-state index contributed by atoms with van der Waals surface area (Å²) in [7, 11) is 0. The SMILES string of the molecule is CCN(Cc1ccccc1)C(=O)COC(=O)CN1C(=O)N[C@@]2(CCCC[C@H]2C)C1=O. The van der Waals surface area contributed by atoms with Crippen LogP contribution in [-0.2, 0) is 25.7 Å². The zero-order valence-electron chi connectivity index (χ0n) is 17.6. The summed E-state index contributed by atoms with van der Waals surface area (Å²) >= 11 is 0. The number of benzene rings is 1. The number of rotatable bonds is 7. The average molecular weight is 415 g/mol. The summed E-state index contributed by atoms with van der Waals surface area (Å²) in [6.07, 6.45) is 3.31. The lowest BCUT2D eigenvalue weighted by Gasteiger charge is -2.36. The molecular weight excluding hydrogens is 386 g/mol. The fraction of sp³-hybridized carbons (Fsp3) is 0.545. The van der Waals surface area contributed by atoms with E-state index in [-0.39, 0.29) is 17.7 Å². The van der Waals surface area contributed by atoms with Crippen LogP contribution in [0.3, 0.4) is 0 Å². The van der Waals surface area contributed by atoms with Gasteiger partial charge in [0.05, 0.1) is 0 Å². The van der Waals surface area contributed by atoms with E-state index in [1.54, 1.807) is 4.90 Å². The molecule has 162 valence electrons. The van der Waals surface area contributed by atoms with Crippen molar-refractivity contribution in [1.82, 2.24) is 15.1 Å². The van der Waals surface area contributed by atoms with E-state index in [1.165, 1.54) is 0 Å². The fourth-order valence-corrected chi connectivity index (χ4v) is 4.23. The van der Waals surface area contributed by atoms with Gasteiger partial charge in [0.15, 0.2) is 6.61 Å². The van der Waals surface area contributed by atoms with Gasteiger partial charge >= 0.3 is 12.0 Å². The highest BCUT2D eigenvalue weighted by Crippen LogP contribution is 2.38. The number of hydrogen-bond donors (Lipinski definition) is 1. The second-order valence-corrected chi connectivity index (χ2v) is 7.99. The van der Waals surface area contributed by atoms with Gasteiger partial charge in [-0.15, -0.1) is 0 Å². The minimum atomic E-state index is -0.917. The molecule has 1 spiro atoms. The topological polar surface area (TPSA) is 96.0 Å². The van der Waals surface area contributed by atoms with Crippen molar-refractivity contribution in [3.05, 3.63) is 35.9 Å². The van der Waals surface area contributed by atoms with Crippen molar-refractivity contribution in [2.75, 3.05) is 19.7 Å². The molecule has 0 bridgehead atoms. The Labute approximate surface area is 176 Å². The molecule has 4 amide bonds. The van der Waals surface area contributed by atoms with E-state index in [2.05, 4.69) is 5.32 Å². The lowest BCUT2D eigenvalue weighted by molar-refractivity contribution is -0.154. The van der Waals surface area contributed by atoms with Crippen molar-refractivity contribution in [2.45, 2.75) is 51.6 Å². The fourth-order valence-electron chi connectivity index (χ4n) is 4.23. The first-order valence-corrected chi connectivity index (χ1v) is 10.5. The van der Waals surface area contributed by atoms with Crippen LogP contribution in [0.5, 0.6) is 0 Å². The van der Waals surface area contributed by atoms with E-state index in [4.69, 9.17) is 4.74 Å². The number of carbonyl (C=O) groups is 4. The summed E-state index contributed by atoms with van der Waals surface area (Å²) in [5.41, 5.74) is 0.0606. The number of nitrogens with one attached hydrogen (secondary N) is 1. The predicted molar refractivity (Wildman–Crippen MR) is 109 cm³/mol. The molecular formula is C22H29N3O5. The maximum absolute atomic E-state index is 12.9. The highest BCUT2D eigenvalue weighted by Gasteiger charge is 2.55. The Morgan fingerprint density at radius 2 is 1.97 bits per heavy atom. The zero-order chi connectivity index (χ0) is 21.7. The number of nitrogens with zero attached hydrogens (tertiary/aromatic N) is 2. The molecule has 2 atom stereocenters. The number of carbonyl (C=O) groups excluding carboxylic acids is 4. The minimum Gasteiger partial charge on any atom is -0.454 e. The molecule has 1 aliphatic heterocycles.